The maximum Gasteiger partial charge on any atom is 0.227 e. The molecule has 3 rings (SSSR count). The number of ether oxygens (including phenoxy) is 2. The van der Waals surface area contributed by atoms with Crippen LogP contribution in [0.2, 0.25) is 0 Å². The minimum Gasteiger partial charge on any atom is -0.493 e. The first-order valence-electron chi connectivity index (χ1n) is 8.92. The van der Waals surface area contributed by atoms with Crippen LogP contribution in [0.5, 0.6) is 11.5 Å². The Morgan fingerprint density at radius 3 is 2.61 bits per heavy atom. The van der Waals surface area contributed by atoms with Gasteiger partial charge in [0.2, 0.25) is 5.91 Å². The Morgan fingerprint density at radius 1 is 1.18 bits per heavy atom. The monoisotopic (exact) mass is 427 g/mol. The first-order valence-corrected chi connectivity index (χ1v) is 8.92. The lowest BCUT2D eigenvalue weighted by molar-refractivity contribution is -0.120. The highest BCUT2D eigenvalue weighted by Gasteiger charge is 2.25. The van der Waals surface area contributed by atoms with E-state index in [-0.39, 0.29) is 42.7 Å². The van der Waals surface area contributed by atoms with E-state index in [9.17, 15) is 4.79 Å². The van der Waals surface area contributed by atoms with Crippen molar-refractivity contribution in [3.8, 4) is 11.5 Å². The summed E-state index contributed by atoms with van der Waals surface area (Å²) in [7, 11) is 1.59. The quantitative estimate of drug-likeness (QED) is 0.727. The summed E-state index contributed by atoms with van der Waals surface area (Å²) in [6, 6.07) is 9.31. The van der Waals surface area contributed by atoms with Crippen LogP contribution in [-0.2, 0) is 11.4 Å². The third kappa shape index (κ3) is 6.55. The van der Waals surface area contributed by atoms with Gasteiger partial charge in [-0.15, -0.1) is 24.8 Å². The number of carbonyl (C=O) groups is 1. The van der Waals surface area contributed by atoms with E-state index in [4.69, 9.17) is 15.2 Å². The lowest BCUT2D eigenvalue weighted by atomic mass is 9.85. The average Bonchev–Trinajstić information content (AvgIpc) is 2.67. The van der Waals surface area contributed by atoms with Crippen molar-refractivity contribution in [2.75, 3.05) is 12.4 Å². The highest BCUT2D eigenvalue weighted by molar-refractivity contribution is 5.93. The van der Waals surface area contributed by atoms with Gasteiger partial charge in [-0.3, -0.25) is 9.78 Å². The molecule has 28 heavy (non-hydrogen) atoms. The highest BCUT2D eigenvalue weighted by atomic mass is 35.5. The molecule has 1 aromatic heterocycles. The molecule has 2 atom stereocenters. The normalized spacial score (nSPS) is 18.2. The molecular weight excluding hydrogens is 401 g/mol. The Kier molecular flexibility index (Phi) is 10.1. The molecule has 0 radical (unpaired) electrons. The number of rotatable bonds is 6. The maximum absolute atomic E-state index is 12.5. The van der Waals surface area contributed by atoms with Gasteiger partial charge in [0.15, 0.2) is 11.5 Å². The number of amides is 1. The lowest BCUT2D eigenvalue weighted by Gasteiger charge is -2.25. The van der Waals surface area contributed by atoms with Crippen LogP contribution in [-0.4, -0.2) is 24.0 Å². The first-order chi connectivity index (χ1) is 12.7. The van der Waals surface area contributed by atoms with Crippen LogP contribution in [0.1, 0.15) is 31.2 Å². The second-order valence-electron chi connectivity index (χ2n) is 6.62. The molecule has 8 heteroatoms. The number of aromatic nitrogens is 1. The molecule has 0 bridgehead atoms. The molecule has 0 saturated heterocycles. The molecule has 1 heterocycles. The van der Waals surface area contributed by atoms with Crippen molar-refractivity contribution >= 4 is 36.4 Å². The molecule has 2 aromatic rings. The summed E-state index contributed by atoms with van der Waals surface area (Å²) in [5.74, 6) is 1.20. The van der Waals surface area contributed by atoms with E-state index in [0.29, 0.717) is 23.8 Å². The molecule has 1 aliphatic rings. The van der Waals surface area contributed by atoms with E-state index < -0.39 is 0 Å². The van der Waals surface area contributed by atoms with Gasteiger partial charge in [0, 0.05) is 36.1 Å². The molecule has 1 aliphatic carbocycles. The number of carbonyl (C=O) groups excluding carboxylic acids is 1. The molecular formula is C20H27Cl2N3O3. The van der Waals surface area contributed by atoms with Gasteiger partial charge >= 0.3 is 0 Å². The van der Waals surface area contributed by atoms with Crippen molar-refractivity contribution in [2.24, 2.45) is 11.7 Å². The zero-order valence-corrected chi connectivity index (χ0v) is 17.4. The van der Waals surface area contributed by atoms with Crippen LogP contribution in [0.15, 0.2) is 42.7 Å². The first kappa shape index (κ1) is 24.0. The zero-order chi connectivity index (χ0) is 18.4. The molecule has 6 nitrogen and oxygen atoms in total. The second kappa shape index (κ2) is 11.7. The topological polar surface area (TPSA) is 86.5 Å². The van der Waals surface area contributed by atoms with E-state index in [1.54, 1.807) is 31.6 Å². The van der Waals surface area contributed by atoms with Crippen molar-refractivity contribution in [2.45, 2.75) is 38.3 Å². The van der Waals surface area contributed by atoms with Crippen molar-refractivity contribution in [3.05, 3.63) is 48.3 Å². The van der Waals surface area contributed by atoms with Gasteiger partial charge in [0.25, 0.3) is 0 Å². The van der Waals surface area contributed by atoms with Gasteiger partial charge in [0.1, 0.15) is 6.61 Å². The summed E-state index contributed by atoms with van der Waals surface area (Å²) < 4.78 is 11.2. The summed E-state index contributed by atoms with van der Waals surface area (Å²) in [6.07, 6.45) is 7.08. The van der Waals surface area contributed by atoms with Crippen LogP contribution in [0.3, 0.4) is 0 Å². The Labute approximate surface area is 178 Å². The molecule has 0 aliphatic heterocycles. The molecule has 1 saturated carbocycles. The van der Waals surface area contributed by atoms with Gasteiger partial charge in [-0.05, 0) is 49.1 Å². The Bertz CT molecular complexity index is 747. The number of hydrogen-bond acceptors (Lipinski definition) is 5. The molecule has 3 N–H and O–H groups in total. The molecule has 1 fully saturated rings. The Hall–Kier alpha value is -2.02. The van der Waals surface area contributed by atoms with Gasteiger partial charge < -0.3 is 20.5 Å². The van der Waals surface area contributed by atoms with Crippen LogP contribution >= 0.6 is 24.8 Å². The van der Waals surface area contributed by atoms with Gasteiger partial charge in [-0.25, -0.2) is 0 Å². The second-order valence-corrected chi connectivity index (χ2v) is 6.62. The molecule has 0 spiro atoms. The van der Waals surface area contributed by atoms with E-state index in [1.165, 1.54) is 0 Å². The Morgan fingerprint density at radius 2 is 1.93 bits per heavy atom. The highest BCUT2D eigenvalue weighted by Crippen LogP contribution is 2.32. The fourth-order valence-electron chi connectivity index (χ4n) is 3.22. The van der Waals surface area contributed by atoms with Gasteiger partial charge in [-0.1, -0.05) is 6.42 Å². The van der Waals surface area contributed by atoms with E-state index in [2.05, 4.69) is 10.3 Å². The van der Waals surface area contributed by atoms with E-state index >= 15 is 0 Å². The van der Waals surface area contributed by atoms with Crippen LogP contribution in [0.4, 0.5) is 5.69 Å². The summed E-state index contributed by atoms with van der Waals surface area (Å²) in [5.41, 5.74) is 7.69. The van der Waals surface area contributed by atoms with E-state index in [1.807, 2.05) is 18.2 Å². The maximum atomic E-state index is 12.5. The number of hydrogen-bond donors (Lipinski definition) is 2. The average molecular weight is 428 g/mol. The zero-order valence-electron chi connectivity index (χ0n) is 15.8. The fraction of sp³-hybridized carbons (Fsp3) is 0.400. The fourth-order valence-corrected chi connectivity index (χ4v) is 3.22. The smallest absolute Gasteiger partial charge is 0.227 e. The third-order valence-electron chi connectivity index (χ3n) is 4.66. The Balaban J connectivity index is 0.00000196. The summed E-state index contributed by atoms with van der Waals surface area (Å²) >= 11 is 0. The van der Waals surface area contributed by atoms with Gasteiger partial charge in [0.05, 0.1) is 7.11 Å². The largest absolute Gasteiger partial charge is 0.493 e. The predicted octanol–water partition coefficient (Wildman–Crippen LogP) is 3.97. The number of halogens is 2. The van der Waals surface area contributed by atoms with Gasteiger partial charge in [-0.2, -0.15) is 0 Å². The summed E-state index contributed by atoms with van der Waals surface area (Å²) in [5, 5.41) is 2.98. The standard InChI is InChI=1S/C20H25N3O3.2ClH/c1-25-18-6-5-17(23-20(24)15-3-2-4-16(21)11-15)12-19(18)26-13-14-7-9-22-10-8-14;;/h5-10,12,15-16H,2-4,11,13,21H2,1H3,(H,23,24);2*1H. The SMILES string of the molecule is COc1ccc(NC(=O)C2CCCC(N)C2)cc1OCc1ccncc1.Cl.Cl. The van der Waals surface area contributed by atoms with Crippen LogP contribution in [0, 0.1) is 5.92 Å². The number of nitrogens with zero attached hydrogens (tertiary/aromatic N) is 1. The number of nitrogens with one attached hydrogen (secondary N) is 1. The van der Waals surface area contributed by atoms with Crippen molar-refractivity contribution in [1.29, 1.82) is 0 Å². The predicted molar refractivity (Wildman–Crippen MR) is 115 cm³/mol. The third-order valence-corrected chi connectivity index (χ3v) is 4.66. The molecule has 1 aromatic carbocycles. The van der Waals surface area contributed by atoms with Crippen molar-refractivity contribution < 1.29 is 14.3 Å². The van der Waals surface area contributed by atoms with Crippen molar-refractivity contribution in [1.82, 2.24) is 4.98 Å². The van der Waals surface area contributed by atoms with Crippen LogP contribution in [0.25, 0.3) is 0 Å². The van der Waals surface area contributed by atoms with Crippen molar-refractivity contribution in [3.63, 3.8) is 0 Å². The number of methoxy groups -OCH3 is 1. The minimum absolute atomic E-state index is 0. The number of anilines is 1. The summed E-state index contributed by atoms with van der Waals surface area (Å²) in [6.45, 7) is 0.397. The summed E-state index contributed by atoms with van der Waals surface area (Å²) in [4.78, 5) is 16.5. The van der Waals surface area contributed by atoms with E-state index in [0.717, 1.165) is 31.2 Å². The number of nitrogens with two attached hydrogens (primary N) is 1. The molecule has 2 unspecified atom stereocenters. The van der Waals surface area contributed by atoms with Crippen LogP contribution < -0.4 is 20.5 Å². The number of pyridine rings is 1. The molecule has 1 amide bonds. The molecule has 154 valence electrons. The lowest BCUT2D eigenvalue weighted by Crippen LogP contribution is -2.34. The number of benzene rings is 1. The minimum atomic E-state index is -0.0259.